The molecule has 1 unspecified atom stereocenters. The topological polar surface area (TPSA) is 130 Å². The fraction of sp³-hybridized carbons (Fsp3) is 0.185. The van der Waals surface area contributed by atoms with Crippen LogP contribution in [-0.4, -0.2) is 46.2 Å². The minimum atomic E-state index is -0.709. The van der Waals surface area contributed by atoms with E-state index in [4.69, 9.17) is 4.74 Å². The molecule has 2 aromatic carbocycles. The summed E-state index contributed by atoms with van der Waals surface area (Å²) in [6.45, 7) is 2.02. The first-order valence-electron chi connectivity index (χ1n) is 11.5. The van der Waals surface area contributed by atoms with Crippen molar-refractivity contribution in [3.05, 3.63) is 77.5 Å². The highest BCUT2D eigenvalue weighted by molar-refractivity contribution is 6.07. The third kappa shape index (κ3) is 4.27. The van der Waals surface area contributed by atoms with Crippen LogP contribution in [0, 0.1) is 24.2 Å². The predicted molar refractivity (Wildman–Crippen MR) is 135 cm³/mol. The molecule has 0 radical (unpaired) electrons. The van der Waals surface area contributed by atoms with Gasteiger partial charge in [-0.15, -0.1) is 0 Å². The van der Waals surface area contributed by atoms with Gasteiger partial charge in [0.1, 0.15) is 11.6 Å². The first-order valence-corrected chi connectivity index (χ1v) is 11.5. The number of esters is 1. The Morgan fingerprint density at radius 2 is 1.92 bits per heavy atom. The number of carbonyl (C=O) groups excluding carboxylic acids is 3. The Labute approximate surface area is 212 Å². The van der Waals surface area contributed by atoms with Crippen LogP contribution in [0.4, 0.5) is 11.5 Å². The quantitative estimate of drug-likeness (QED) is 0.421. The van der Waals surface area contributed by atoms with Crippen LogP contribution in [0.1, 0.15) is 27.9 Å². The Kier molecular flexibility index (Phi) is 6.11. The number of rotatable bonds is 5. The maximum atomic E-state index is 13.3. The van der Waals surface area contributed by atoms with E-state index in [1.165, 1.54) is 22.9 Å². The second-order valence-electron chi connectivity index (χ2n) is 8.65. The molecule has 2 aromatic heterocycles. The number of para-hydroxylation sites is 2. The summed E-state index contributed by atoms with van der Waals surface area (Å²) < 4.78 is 6.24. The van der Waals surface area contributed by atoms with Gasteiger partial charge >= 0.3 is 5.97 Å². The second-order valence-corrected chi connectivity index (χ2v) is 8.65. The Morgan fingerprint density at radius 3 is 2.70 bits per heavy atom. The number of amides is 2. The van der Waals surface area contributed by atoms with Gasteiger partial charge in [0, 0.05) is 18.4 Å². The summed E-state index contributed by atoms with van der Waals surface area (Å²) in [6.07, 6.45) is 1.31. The molecule has 10 heteroatoms. The summed E-state index contributed by atoms with van der Waals surface area (Å²) in [6, 6.07) is 18.1. The molecular formula is C27H22N6O4. The molecule has 0 bridgehead atoms. The fourth-order valence-electron chi connectivity index (χ4n) is 4.49. The minimum absolute atomic E-state index is 0.0509. The largest absolute Gasteiger partial charge is 0.465 e. The van der Waals surface area contributed by atoms with Crippen molar-refractivity contribution in [1.29, 1.82) is 5.26 Å². The summed E-state index contributed by atoms with van der Waals surface area (Å²) in [7, 11) is 1.27. The lowest BCUT2D eigenvalue weighted by Crippen LogP contribution is -2.30. The number of methoxy groups -OCH3 is 1. The highest BCUT2D eigenvalue weighted by Gasteiger charge is 2.37. The van der Waals surface area contributed by atoms with Crippen molar-refractivity contribution in [3.63, 3.8) is 0 Å². The summed E-state index contributed by atoms with van der Waals surface area (Å²) in [5, 5.41) is 17.7. The number of fused-ring (bicyclic) bond motifs is 1. The number of aryl methyl sites for hydroxylation is 1. The normalized spacial score (nSPS) is 15.0. The summed E-state index contributed by atoms with van der Waals surface area (Å²) in [5.41, 5.74) is 2.51. The number of hydrogen-bond donors (Lipinski definition) is 1. The number of benzene rings is 2. The van der Waals surface area contributed by atoms with Crippen LogP contribution in [0.2, 0.25) is 0 Å². The van der Waals surface area contributed by atoms with Crippen molar-refractivity contribution in [2.24, 2.45) is 5.92 Å². The summed E-state index contributed by atoms with van der Waals surface area (Å²) in [5.74, 6) is -1.39. The standard InChI is InChI=1S/C27H22N6O4/c1-16-11-23(30-21-9-5-3-7-19(16)21)33-25(18(13-28)14-29-33)31-26(35)17-12-24(34)32(15-17)22-10-6-4-8-20(22)27(36)37-2/h3-11,14,17H,12,15H2,1-2H3,(H,31,35). The number of nitrogens with zero attached hydrogens (tertiary/aromatic N) is 5. The number of carbonyl (C=O) groups is 3. The zero-order valence-electron chi connectivity index (χ0n) is 20.1. The van der Waals surface area contributed by atoms with Gasteiger partial charge in [-0.05, 0) is 36.8 Å². The van der Waals surface area contributed by atoms with E-state index >= 15 is 0 Å². The lowest BCUT2D eigenvalue weighted by atomic mass is 10.1. The molecule has 4 aromatic rings. The Balaban J connectivity index is 1.43. The van der Waals surface area contributed by atoms with Crippen molar-refractivity contribution < 1.29 is 19.1 Å². The molecule has 5 rings (SSSR count). The van der Waals surface area contributed by atoms with Gasteiger partial charge in [0.15, 0.2) is 11.6 Å². The maximum absolute atomic E-state index is 13.3. The van der Waals surface area contributed by atoms with Gasteiger partial charge in [0.2, 0.25) is 11.8 Å². The van der Waals surface area contributed by atoms with Crippen LogP contribution in [-0.2, 0) is 14.3 Å². The number of nitrogens with one attached hydrogen (secondary N) is 1. The van der Waals surface area contributed by atoms with Gasteiger partial charge in [0.05, 0.1) is 36.0 Å². The smallest absolute Gasteiger partial charge is 0.339 e. The Hall–Kier alpha value is -5.04. The molecule has 1 atom stereocenters. The van der Waals surface area contributed by atoms with E-state index in [-0.39, 0.29) is 35.8 Å². The van der Waals surface area contributed by atoms with Gasteiger partial charge in [0.25, 0.3) is 0 Å². The third-order valence-electron chi connectivity index (χ3n) is 6.35. The lowest BCUT2D eigenvalue weighted by Gasteiger charge is -2.19. The Morgan fingerprint density at radius 1 is 1.16 bits per heavy atom. The van der Waals surface area contributed by atoms with E-state index in [1.54, 1.807) is 24.3 Å². The molecule has 1 fully saturated rings. The van der Waals surface area contributed by atoms with Gasteiger partial charge < -0.3 is 15.0 Å². The first-order chi connectivity index (χ1) is 17.9. The van der Waals surface area contributed by atoms with Gasteiger partial charge in [-0.3, -0.25) is 9.59 Å². The molecule has 1 aliphatic rings. The van der Waals surface area contributed by atoms with Crippen LogP contribution in [0.25, 0.3) is 16.7 Å². The predicted octanol–water partition coefficient (Wildman–Crippen LogP) is 3.38. The molecule has 10 nitrogen and oxygen atoms in total. The van der Waals surface area contributed by atoms with E-state index < -0.39 is 17.8 Å². The molecule has 3 heterocycles. The molecule has 0 spiro atoms. The van der Waals surface area contributed by atoms with Gasteiger partial charge in [-0.2, -0.15) is 15.0 Å². The minimum Gasteiger partial charge on any atom is -0.465 e. The van der Waals surface area contributed by atoms with Crippen molar-refractivity contribution in [1.82, 2.24) is 14.8 Å². The number of pyridine rings is 1. The van der Waals surface area contributed by atoms with Crippen molar-refractivity contribution in [2.45, 2.75) is 13.3 Å². The number of ether oxygens (including phenoxy) is 1. The van der Waals surface area contributed by atoms with Crippen molar-refractivity contribution in [2.75, 3.05) is 23.9 Å². The second kappa shape index (κ2) is 9.54. The molecule has 1 saturated heterocycles. The first kappa shape index (κ1) is 23.7. The zero-order chi connectivity index (χ0) is 26.1. The molecule has 37 heavy (non-hydrogen) atoms. The van der Waals surface area contributed by atoms with Crippen LogP contribution in [0.5, 0.6) is 0 Å². The molecule has 2 amide bonds. The van der Waals surface area contributed by atoms with E-state index in [2.05, 4.69) is 15.4 Å². The van der Waals surface area contributed by atoms with E-state index in [1.807, 2.05) is 43.3 Å². The number of hydrogen-bond acceptors (Lipinski definition) is 7. The van der Waals surface area contributed by atoms with Crippen molar-refractivity contribution >= 4 is 40.2 Å². The molecule has 184 valence electrons. The monoisotopic (exact) mass is 494 g/mol. The van der Waals surface area contributed by atoms with Crippen LogP contribution < -0.4 is 10.2 Å². The SMILES string of the molecule is COC(=O)c1ccccc1N1CC(C(=O)Nc2c(C#N)cnn2-c2cc(C)c3ccccc3n2)CC1=O. The number of aromatic nitrogens is 3. The fourth-order valence-corrected chi connectivity index (χ4v) is 4.49. The van der Waals surface area contributed by atoms with Crippen LogP contribution in [0.15, 0.2) is 60.8 Å². The van der Waals surface area contributed by atoms with E-state index in [0.717, 1.165) is 16.5 Å². The molecule has 0 saturated carbocycles. The van der Waals surface area contributed by atoms with Crippen LogP contribution >= 0.6 is 0 Å². The zero-order valence-corrected chi connectivity index (χ0v) is 20.1. The van der Waals surface area contributed by atoms with Gasteiger partial charge in [-0.25, -0.2) is 9.78 Å². The highest BCUT2D eigenvalue weighted by atomic mass is 16.5. The third-order valence-corrected chi connectivity index (χ3v) is 6.35. The average molecular weight is 495 g/mol. The number of nitriles is 1. The van der Waals surface area contributed by atoms with Crippen molar-refractivity contribution in [3.8, 4) is 11.9 Å². The lowest BCUT2D eigenvalue weighted by molar-refractivity contribution is -0.122. The summed E-state index contributed by atoms with van der Waals surface area (Å²) >= 11 is 0. The number of anilines is 2. The molecule has 0 aliphatic carbocycles. The summed E-state index contributed by atoms with van der Waals surface area (Å²) in [4.78, 5) is 44.4. The van der Waals surface area contributed by atoms with Crippen LogP contribution in [0.3, 0.4) is 0 Å². The Bertz CT molecular complexity index is 1600. The highest BCUT2D eigenvalue weighted by Crippen LogP contribution is 2.30. The van der Waals surface area contributed by atoms with E-state index in [9.17, 15) is 19.6 Å². The van der Waals surface area contributed by atoms with E-state index in [0.29, 0.717) is 11.5 Å². The maximum Gasteiger partial charge on any atom is 0.339 e. The average Bonchev–Trinajstić information content (AvgIpc) is 3.51. The van der Waals surface area contributed by atoms with Gasteiger partial charge in [-0.1, -0.05) is 30.3 Å². The molecular weight excluding hydrogens is 472 g/mol. The molecule has 1 aliphatic heterocycles. The molecule has 1 N–H and O–H groups in total.